The molecule has 1 nitrogen and oxygen atoms in total. The van der Waals surface area contributed by atoms with Crippen LogP contribution in [0, 0.1) is 5.92 Å². The summed E-state index contributed by atoms with van der Waals surface area (Å²) in [7, 11) is 0. The molecule has 0 saturated heterocycles. The molecule has 0 aromatic heterocycles. The van der Waals surface area contributed by atoms with Crippen LogP contribution in [0.25, 0.3) is 38.2 Å². The van der Waals surface area contributed by atoms with E-state index in [0.29, 0.717) is 11.8 Å². The molecule has 0 aliphatic heterocycles. The fourth-order valence-electron chi connectivity index (χ4n) is 8.03. The van der Waals surface area contributed by atoms with E-state index in [4.69, 9.17) is 0 Å². The average molecular weight is 596 g/mol. The Morgan fingerprint density at radius 2 is 1.22 bits per heavy atom. The number of rotatable bonds is 6. The van der Waals surface area contributed by atoms with Crippen LogP contribution in [-0.2, 0) is 0 Å². The number of allylic oxidation sites excluding steroid dienone is 3. The van der Waals surface area contributed by atoms with E-state index in [-0.39, 0.29) is 0 Å². The van der Waals surface area contributed by atoms with Gasteiger partial charge in [0, 0.05) is 16.9 Å². The van der Waals surface area contributed by atoms with Gasteiger partial charge >= 0.3 is 0 Å². The molecule has 0 spiro atoms. The smallest absolute Gasteiger partial charge is 0.0540 e. The van der Waals surface area contributed by atoms with Gasteiger partial charge < -0.3 is 4.90 Å². The summed E-state index contributed by atoms with van der Waals surface area (Å²) in [6.45, 7) is 2.34. The maximum Gasteiger partial charge on any atom is 0.0540 e. The van der Waals surface area contributed by atoms with Crippen LogP contribution >= 0.6 is 0 Å². The van der Waals surface area contributed by atoms with Gasteiger partial charge in [-0.2, -0.15) is 0 Å². The molecule has 2 aliphatic rings. The summed E-state index contributed by atoms with van der Waals surface area (Å²) in [5, 5.41) is 5.36. The largest absolute Gasteiger partial charge is 0.310 e. The first-order chi connectivity index (χ1) is 22.8. The first-order valence-electron chi connectivity index (χ1n) is 17.1. The van der Waals surface area contributed by atoms with Gasteiger partial charge in [0.15, 0.2) is 0 Å². The van der Waals surface area contributed by atoms with E-state index in [1.165, 1.54) is 98.5 Å². The van der Waals surface area contributed by atoms with Gasteiger partial charge in [0.2, 0.25) is 0 Å². The summed E-state index contributed by atoms with van der Waals surface area (Å²) in [5.41, 5.74) is 10.5. The van der Waals surface area contributed by atoms with Crippen LogP contribution in [0.3, 0.4) is 0 Å². The van der Waals surface area contributed by atoms with Gasteiger partial charge in [0.05, 0.1) is 5.69 Å². The predicted octanol–water partition coefficient (Wildman–Crippen LogP) is 12.9. The topological polar surface area (TPSA) is 3.24 Å². The summed E-state index contributed by atoms with van der Waals surface area (Å²) < 4.78 is 0. The molecule has 6 aromatic rings. The fourth-order valence-corrected chi connectivity index (χ4v) is 8.03. The lowest BCUT2D eigenvalue weighted by Gasteiger charge is -2.34. The molecule has 1 unspecified atom stereocenters. The lowest BCUT2D eigenvalue weighted by Crippen LogP contribution is -2.20. The molecule has 1 saturated carbocycles. The van der Waals surface area contributed by atoms with Crippen LogP contribution in [0.5, 0.6) is 0 Å². The van der Waals surface area contributed by atoms with Crippen molar-refractivity contribution >= 4 is 38.5 Å². The Morgan fingerprint density at radius 1 is 0.565 bits per heavy atom. The monoisotopic (exact) mass is 595 g/mol. The van der Waals surface area contributed by atoms with E-state index in [9.17, 15) is 0 Å². The average Bonchev–Trinajstić information content (AvgIpc) is 3.12. The Morgan fingerprint density at radius 3 is 2.07 bits per heavy atom. The second kappa shape index (κ2) is 12.5. The van der Waals surface area contributed by atoms with Gasteiger partial charge in [-0.05, 0) is 99.2 Å². The highest BCUT2D eigenvalue weighted by atomic mass is 15.2. The molecule has 2 aliphatic carbocycles. The third-order valence-electron chi connectivity index (χ3n) is 10.2. The van der Waals surface area contributed by atoms with Crippen LogP contribution in [0.4, 0.5) is 11.4 Å². The third-order valence-corrected chi connectivity index (χ3v) is 10.2. The molecule has 0 radical (unpaired) electrons. The van der Waals surface area contributed by atoms with Crippen molar-refractivity contribution in [3.63, 3.8) is 0 Å². The second-order valence-electron chi connectivity index (χ2n) is 13.2. The fraction of sp³-hybridized carbons (Fsp3) is 0.200. The first-order valence-corrected chi connectivity index (χ1v) is 17.1. The Hall–Kier alpha value is -4.88. The summed E-state index contributed by atoms with van der Waals surface area (Å²) in [4.78, 5) is 2.52. The minimum absolute atomic E-state index is 0.460. The van der Waals surface area contributed by atoms with Gasteiger partial charge in [0.1, 0.15) is 0 Å². The molecule has 46 heavy (non-hydrogen) atoms. The zero-order chi connectivity index (χ0) is 30.9. The van der Waals surface area contributed by atoms with Gasteiger partial charge in [-0.25, -0.2) is 0 Å². The minimum atomic E-state index is 0.460. The first kappa shape index (κ1) is 28.6. The van der Waals surface area contributed by atoms with Crippen molar-refractivity contribution in [2.24, 2.45) is 5.92 Å². The maximum atomic E-state index is 2.52. The number of para-hydroxylation sites is 2. The van der Waals surface area contributed by atoms with Crippen molar-refractivity contribution in [1.82, 2.24) is 0 Å². The molecule has 1 fully saturated rings. The Balaban J connectivity index is 1.39. The normalized spacial score (nSPS) is 17.1. The van der Waals surface area contributed by atoms with Crippen LogP contribution in [-0.4, -0.2) is 0 Å². The van der Waals surface area contributed by atoms with E-state index in [0.717, 1.165) is 6.42 Å². The summed E-state index contributed by atoms with van der Waals surface area (Å²) in [6, 6.07) is 49.5. The van der Waals surface area contributed by atoms with E-state index >= 15 is 0 Å². The molecule has 1 heteroatoms. The minimum Gasteiger partial charge on any atom is -0.310 e. The molecule has 0 N–H and O–H groups in total. The highest BCUT2D eigenvalue weighted by molar-refractivity contribution is 6.04. The standard InChI is InChI=1S/C45H41N/c1-32-29-30-44(42(31-32)39-26-12-18-33-17-8-9-23-37(33)39)46(36-21-6-3-7-22-36)43-28-11-10-24-40(43)41-27-14-20-35-19-13-25-38(45(35)41)34-15-4-2-5-16-34/h3,6-14,17-30,32,34H,2,4-5,15-16,31H2,1H3. The molecule has 0 amide bonds. The number of hydrogen-bond donors (Lipinski definition) is 0. The van der Waals surface area contributed by atoms with E-state index in [1.807, 2.05) is 0 Å². The van der Waals surface area contributed by atoms with Crippen LogP contribution in [0.1, 0.15) is 62.5 Å². The number of hydrogen-bond acceptors (Lipinski definition) is 1. The Kier molecular flexibility index (Phi) is 7.76. The highest BCUT2D eigenvalue weighted by Gasteiger charge is 2.26. The molecule has 226 valence electrons. The van der Waals surface area contributed by atoms with E-state index in [1.54, 1.807) is 0 Å². The number of benzene rings is 6. The second-order valence-corrected chi connectivity index (χ2v) is 13.2. The Labute approximate surface area is 273 Å². The van der Waals surface area contributed by atoms with Gasteiger partial charge in [0.25, 0.3) is 0 Å². The number of fused-ring (bicyclic) bond motifs is 2. The van der Waals surface area contributed by atoms with Crippen molar-refractivity contribution in [1.29, 1.82) is 0 Å². The maximum absolute atomic E-state index is 2.52. The summed E-state index contributed by atoms with van der Waals surface area (Å²) in [5.74, 6) is 1.08. The molecule has 1 atom stereocenters. The van der Waals surface area contributed by atoms with Crippen molar-refractivity contribution in [3.8, 4) is 11.1 Å². The zero-order valence-corrected chi connectivity index (χ0v) is 26.7. The van der Waals surface area contributed by atoms with E-state index < -0.39 is 0 Å². The molecule has 8 rings (SSSR count). The molecular weight excluding hydrogens is 555 g/mol. The number of anilines is 2. The lowest BCUT2D eigenvalue weighted by atomic mass is 9.80. The van der Waals surface area contributed by atoms with Crippen molar-refractivity contribution in [2.45, 2.75) is 51.4 Å². The lowest BCUT2D eigenvalue weighted by molar-refractivity contribution is 0.445. The van der Waals surface area contributed by atoms with Crippen molar-refractivity contribution in [2.75, 3.05) is 4.90 Å². The quantitative estimate of drug-likeness (QED) is 0.185. The zero-order valence-electron chi connectivity index (χ0n) is 26.7. The van der Waals surface area contributed by atoms with Crippen molar-refractivity contribution in [3.05, 3.63) is 162 Å². The predicted molar refractivity (Wildman–Crippen MR) is 198 cm³/mol. The van der Waals surface area contributed by atoms with Gasteiger partial charge in [-0.3, -0.25) is 0 Å². The number of nitrogens with zero attached hydrogens (tertiary/aromatic N) is 1. The molecular formula is C45H41N. The van der Waals surface area contributed by atoms with Gasteiger partial charge in [-0.1, -0.05) is 148 Å². The van der Waals surface area contributed by atoms with Crippen LogP contribution in [0.15, 0.2) is 151 Å². The molecule has 6 aromatic carbocycles. The van der Waals surface area contributed by atoms with Crippen molar-refractivity contribution < 1.29 is 0 Å². The molecule has 0 heterocycles. The summed E-state index contributed by atoms with van der Waals surface area (Å²) >= 11 is 0. The highest BCUT2D eigenvalue weighted by Crippen LogP contribution is 2.47. The Bertz CT molecular complexity index is 2070. The summed E-state index contributed by atoms with van der Waals surface area (Å²) in [6.07, 6.45) is 12.4. The van der Waals surface area contributed by atoms with E-state index in [2.05, 4.69) is 157 Å². The molecule has 0 bridgehead atoms. The SMILES string of the molecule is CC1C=CC(N(c2ccccc2)c2ccccc2-c2cccc3cccc(C4CCCCC4)c23)=C(c2cccc3ccccc23)C1. The third kappa shape index (κ3) is 5.24. The van der Waals surface area contributed by atoms with Crippen LogP contribution < -0.4 is 4.90 Å². The van der Waals surface area contributed by atoms with Crippen LogP contribution in [0.2, 0.25) is 0 Å². The van der Waals surface area contributed by atoms with Gasteiger partial charge in [-0.15, -0.1) is 0 Å².